The van der Waals surface area contributed by atoms with Gasteiger partial charge in [0.1, 0.15) is 5.69 Å². The number of nitrogens with one attached hydrogen (secondary N) is 2. The molecule has 0 spiro atoms. The summed E-state index contributed by atoms with van der Waals surface area (Å²) in [6.45, 7) is 6.52. The minimum atomic E-state index is -0.400. The third kappa shape index (κ3) is 4.84. The fourth-order valence-corrected chi connectivity index (χ4v) is 1.80. The molecule has 0 saturated heterocycles. The van der Waals surface area contributed by atoms with Crippen LogP contribution < -0.4 is 20.1 Å². The molecule has 7 heteroatoms. The fraction of sp³-hybridized carbons (Fsp3) is 0.312. The summed E-state index contributed by atoms with van der Waals surface area (Å²) >= 11 is 0. The number of rotatable bonds is 6. The Labute approximate surface area is 135 Å². The van der Waals surface area contributed by atoms with Crippen molar-refractivity contribution in [1.82, 2.24) is 9.97 Å². The van der Waals surface area contributed by atoms with E-state index in [1.54, 1.807) is 0 Å². The molecule has 0 aliphatic heterocycles. The zero-order chi connectivity index (χ0) is 16.7. The number of nitrogens with zero attached hydrogens (tertiary/aromatic N) is 2. The van der Waals surface area contributed by atoms with Gasteiger partial charge in [-0.05, 0) is 32.9 Å². The molecule has 0 unspecified atom stereocenters. The molecule has 1 aromatic carbocycles. The van der Waals surface area contributed by atoms with Crippen molar-refractivity contribution in [3.63, 3.8) is 0 Å². The Kier molecular flexibility index (Phi) is 5.74. The summed E-state index contributed by atoms with van der Waals surface area (Å²) in [4.78, 5) is 20.2. The number of carbonyl (C=O) groups excluding carboxylic acids is 1. The van der Waals surface area contributed by atoms with E-state index < -0.39 is 6.03 Å². The average molecular weight is 316 g/mol. The van der Waals surface area contributed by atoms with Crippen molar-refractivity contribution >= 4 is 17.4 Å². The topological polar surface area (TPSA) is 85.4 Å². The second-order valence-electron chi connectivity index (χ2n) is 4.68. The lowest BCUT2D eigenvalue weighted by Crippen LogP contribution is -2.20. The second kappa shape index (κ2) is 7.98. The second-order valence-corrected chi connectivity index (χ2v) is 4.68. The average Bonchev–Trinajstić information content (AvgIpc) is 2.53. The maximum Gasteiger partial charge on any atom is 0.323 e. The quantitative estimate of drug-likeness (QED) is 0.854. The SMILES string of the molecule is CCOc1ncc(NC(=O)Nc2ccc(C)cc2)c(OCC)n1. The van der Waals surface area contributed by atoms with Crippen LogP contribution in [0.2, 0.25) is 0 Å². The van der Waals surface area contributed by atoms with Crippen LogP contribution >= 0.6 is 0 Å². The number of anilines is 2. The van der Waals surface area contributed by atoms with Crippen LogP contribution in [0, 0.1) is 6.92 Å². The van der Waals surface area contributed by atoms with Crippen molar-refractivity contribution < 1.29 is 14.3 Å². The first kappa shape index (κ1) is 16.5. The molecule has 2 N–H and O–H groups in total. The molecule has 2 aromatic rings. The molecule has 122 valence electrons. The lowest BCUT2D eigenvalue weighted by molar-refractivity contribution is 0.261. The molecule has 2 rings (SSSR count). The van der Waals surface area contributed by atoms with Gasteiger partial charge in [-0.15, -0.1) is 0 Å². The van der Waals surface area contributed by atoms with Crippen LogP contribution in [0.4, 0.5) is 16.2 Å². The van der Waals surface area contributed by atoms with E-state index in [2.05, 4.69) is 20.6 Å². The first-order valence-electron chi connectivity index (χ1n) is 7.39. The minimum absolute atomic E-state index is 0.209. The van der Waals surface area contributed by atoms with Crippen LogP contribution in [-0.4, -0.2) is 29.2 Å². The van der Waals surface area contributed by atoms with Crippen molar-refractivity contribution in [2.45, 2.75) is 20.8 Å². The summed E-state index contributed by atoms with van der Waals surface area (Å²) in [5.74, 6) is 0.269. The predicted molar refractivity (Wildman–Crippen MR) is 88.2 cm³/mol. The summed E-state index contributed by atoms with van der Waals surface area (Å²) in [6, 6.07) is 7.30. The molecule has 23 heavy (non-hydrogen) atoms. The van der Waals surface area contributed by atoms with Crippen molar-refractivity contribution in [2.24, 2.45) is 0 Å². The van der Waals surface area contributed by atoms with Crippen LogP contribution in [0.25, 0.3) is 0 Å². The Bertz CT molecular complexity index is 659. The Morgan fingerprint density at radius 1 is 1.09 bits per heavy atom. The van der Waals surface area contributed by atoms with Gasteiger partial charge in [0, 0.05) is 5.69 Å². The van der Waals surface area contributed by atoms with Crippen molar-refractivity contribution in [3.8, 4) is 11.9 Å². The number of benzene rings is 1. The molecule has 0 bridgehead atoms. The summed E-state index contributed by atoms with van der Waals surface area (Å²) in [7, 11) is 0. The van der Waals surface area contributed by atoms with Crippen LogP contribution in [0.1, 0.15) is 19.4 Å². The van der Waals surface area contributed by atoms with E-state index in [-0.39, 0.29) is 11.9 Å². The van der Waals surface area contributed by atoms with E-state index in [9.17, 15) is 4.79 Å². The smallest absolute Gasteiger partial charge is 0.323 e. The molecule has 1 heterocycles. The summed E-state index contributed by atoms with van der Waals surface area (Å²) in [6.07, 6.45) is 1.46. The van der Waals surface area contributed by atoms with Gasteiger partial charge >= 0.3 is 12.0 Å². The van der Waals surface area contributed by atoms with Gasteiger partial charge in [0.2, 0.25) is 5.88 Å². The molecular weight excluding hydrogens is 296 g/mol. The highest BCUT2D eigenvalue weighted by atomic mass is 16.5. The monoisotopic (exact) mass is 316 g/mol. The zero-order valence-electron chi connectivity index (χ0n) is 13.4. The zero-order valence-corrected chi connectivity index (χ0v) is 13.4. The molecule has 7 nitrogen and oxygen atoms in total. The summed E-state index contributed by atoms with van der Waals surface area (Å²) in [5.41, 5.74) is 2.19. The Morgan fingerprint density at radius 2 is 1.78 bits per heavy atom. The predicted octanol–water partition coefficient (Wildman–Crippen LogP) is 3.23. The van der Waals surface area contributed by atoms with Gasteiger partial charge in [-0.25, -0.2) is 9.78 Å². The number of carbonyl (C=O) groups is 1. The lowest BCUT2D eigenvalue weighted by atomic mass is 10.2. The number of aryl methyl sites for hydroxylation is 1. The lowest BCUT2D eigenvalue weighted by Gasteiger charge is -2.12. The van der Waals surface area contributed by atoms with E-state index in [0.29, 0.717) is 24.6 Å². The van der Waals surface area contributed by atoms with Crippen molar-refractivity contribution in [3.05, 3.63) is 36.0 Å². The number of hydrogen-bond acceptors (Lipinski definition) is 5. The molecule has 0 aliphatic carbocycles. The number of ether oxygens (including phenoxy) is 2. The Morgan fingerprint density at radius 3 is 2.43 bits per heavy atom. The molecule has 0 aliphatic rings. The third-order valence-electron chi connectivity index (χ3n) is 2.84. The summed E-state index contributed by atoms with van der Waals surface area (Å²) in [5, 5.41) is 5.41. The van der Waals surface area contributed by atoms with Crippen molar-refractivity contribution in [1.29, 1.82) is 0 Å². The molecule has 2 amide bonds. The molecule has 0 fully saturated rings. The molecular formula is C16H20N4O3. The van der Waals surface area contributed by atoms with Gasteiger partial charge in [-0.2, -0.15) is 4.98 Å². The molecule has 0 radical (unpaired) electrons. The van der Waals surface area contributed by atoms with E-state index in [1.165, 1.54) is 6.20 Å². The first-order valence-corrected chi connectivity index (χ1v) is 7.39. The summed E-state index contributed by atoms with van der Waals surface area (Å²) < 4.78 is 10.6. The van der Waals surface area contributed by atoms with E-state index in [1.807, 2.05) is 45.0 Å². The van der Waals surface area contributed by atoms with E-state index >= 15 is 0 Å². The number of hydrogen-bond donors (Lipinski definition) is 2. The number of urea groups is 1. The highest BCUT2D eigenvalue weighted by Gasteiger charge is 2.12. The molecule has 0 saturated carbocycles. The highest BCUT2D eigenvalue weighted by molar-refractivity contribution is 6.00. The largest absolute Gasteiger partial charge is 0.476 e. The highest BCUT2D eigenvalue weighted by Crippen LogP contribution is 2.23. The van der Waals surface area contributed by atoms with Crippen LogP contribution in [0.15, 0.2) is 30.5 Å². The number of aromatic nitrogens is 2. The van der Waals surface area contributed by atoms with Crippen LogP contribution in [0.3, 0.4) is 0 Å². The third-order valence-corrected chi connectivity index (χ3v) is 2.84. The van der Waals surface area contributed by atoms with Gasteiger partial charge in [-0.3, -0.25) is 0 Å². The normalized spacial score (nSPS) is 10.0. The van der Waals surface area contributed by atoms with Gasteiger partial charge in [0.25, 0.3) is 0 Å². The molecule has 0 atom stereocenters. The van der Waals surface area contributed by atoms with Crippen molar-refractivity contribution in [2.75, 3.05) is 23.8 Å². The standard InChI is InChI=1S/C16H20N4O3/c1-4-22-14-13(10-17-16(20-14)23-5-2)19-15(21)18-12-8-6-11(3)7-9-12/h6-10H,4-5H2,1-3H3,(H2,18,19,21). The van der Waals surface area contributed by atoms with Crippen LogP contribution in [0.5, 0.6) is 11.9 Å². The van der Waals surface area contributed by atoms with Crippen LogP contribution in [-0.2, 0) is 0 Å². The van der Waals surface area contributed by atoms with Gasteiger partial charge in [0.15, 0.2) is 0 Å². The maximum atomic E-state index is 12.1. The van der Waals surface area contributed by atoms with Gasteiger partial charge < -0.3 is 20.1 Å². The van der Waals surface area contributed by atoms with E-state index in [4.69, 9.17) is 9.47 Å². The van der Waals surface area contributed by atoms with E-state index in [0.717, 1.165) is 5.56 Å². The fourth-order valence-electron chi connectivity index (χ4n) is 1.80. The maximum absolute atomic E-state index is 12.1. The van der Waals surface area contributed by atoms with Gasteiger partial charge in [0.05, 0.1) is 19.4 Å². The van der Waals surface area contributed by atoms with Gasteiger partial charge in [-0.1, -0.05) is 17.7 Å². The molecule has 1 aromatic heterocycles. The first-order chi connectivity index (χ1) is 11.1. The Balaban J connectivity index is 2.08. The number of amides is 2. The Hall–Kier alpha value is -2.83. The minimum Gasteiger partial charge on any atom is -0.476 e.